The summed E-state index contributed by atoms with van der Waals surface area (Å²) < 4.78 is 23.0. The molecule has 0 aliphatic carbocycles. The van der Waals surface area contributed by atoms with Crippen LogP contribution >= 0.6 is 0 Å². The van der Waals surface area contributed by atoms with E-state index in [-0.39, 0.29) is 24.2 Å². The number of nitrogens with zero attached hydrogens (tertiary/aromatic N) is 1. The largest absolute Gasteiger partial charge is 0.395 e. The molecule has 6 nitrogen and oxygen atoms in total. The first-order chi connectivity index (χ1) is 6.95. The number of sulfone groups is 1. The number of aliphatic hydroxyl groups excluding tert-OH is 1. The summed E-state index contributed by atoms with van der Waals surface area (Å²) in [5, 5.41) is 12.1. The fourth-order valence-corrected chi connectivity index (χ4v) is 3.92. The molecule has 0 aromatic heterocycles. The van der Waals surface area contributed by atoms with E-state index in [9.17, 15) is 8.42 Å². The molecule has 1 unspecified atom stereocenters. The molecule has 88 valence electrons. The molecule has 0 aromatic rings. The Bertz CT molecular complexity index is 345. The Morgan fingerprint density at radius 3 is 3.00 bits per heavy atom. The van der Waals surface area contributed by atoms with Crippen LogP contribution in [0.2, 0.25) is 0 Å². The van der Waals surface area contributed by atoms with E-state index in [4.69, 9.17) is 10.8 Å². The van der Waals surface area contributed by atoms with Gasteiger partial charge in [0, 0.05) is 25.7 Å². The number of fused-ring (bicyclic) bond motifs is 1. The number of hydrogen-bond donors (Lipinski definition) is 3. The van der Waals surface area contributed by atoms with Gasteiger partial charge in [0.25, 0.3) is 0 Å². The third-order valence-electron chi connectivity index (χ3n) is 3.13. The second kappa shape index (κ2) is 3.67. The molecular formula is C8H17N3O3S. The monoisotopic (exact) mass is 235 g/mol. The van der Waals surface area contributed by atoms with Crippen molar-refractivity contribution in [1.82, 2.24) is 10.2 Å². The van der Waals surface area contributed by atoms with Crippen LogP contribution in [-0.4, -0.2) is 67.9 Å². The Labute approximate surface area is 89.4 Å². The van der Waals surface area contributed by atoms with Gasteiger partial charge in [0.05, 0.1) is 23.8 Å². The number of nitrogens with two attached hydrogens (primary N) is 1. The second-order valence-electron chi connectivity index (χ2n) is 4.40. The van der Waals surface area contributed by atoms with Gasteiger partial charge in [0.1, 0.15) is 0 Å². The predicted molar refractivity (Wildman–Crippen MR) is 56.0 cm³/mol. The molecule has 7 heteroatoms. The lowest BCUT2D eigenvalue weighted by Gasteiger charge is -2.49. The molecule has 0 amide bonds. The van der Waals surface area contributed by atoms with Crippen LogP contribution in [0.5, 0.6) is 0 Å². The quantitative estimate of drug-likeness (QED) is 0.459. The second-order valence-corrected chi connectivity index (χ2v) is 6.59. The molecule has 0 saturated carbocycles. The van der Waals surface area contributed by atoms with Gasteiger partial charge in [-0.1, -0.05) is 0 Å². The normalized spacial score (nSPS) is 41.1. The maximum absolute atomic E-state index is 11.5. The molecule has 0 spiro atoms. The van der Waals surface area contributed by atoms with Crippen molar-refractivity contribution in [3.05, 3.63) is 0 Å². The Morgan fingerprint density at radius 1 is 1.60 bits per heavy atom. The summed E-state index contributed by atoms with van der Waals surface area (Å²) in [7, 11) is -3.00. The van der Waals surface area contributed by atoms with Crippen LogP contribution in [0.25, 0.3) is 0 Å². The summed E-state index contributed by atoms with van der Waals surface area (Å²) in [6, 6.07) is 0.00230. The Balaban J connectivity index is 2.14. The van der Waals surface area contributed by atoms with Crippen molar-refractivity contribution >= 4 is 9.84 Å². The van der Waals surface area contributed by atoms with Gasteiger partial charge in [-0.15, -0.1) is 0 Å². The molecule has 2 heterocycles. The molecule has 15 heavy (non-hydrogen) atoms. The minimum Gasteiger partial charge on any atom is -0.395 e. The standard InChI is InChI=1S/C8H17N3O3S/c9-8-5-10-7(4-12)3-11(8)1-2-15(13,14)6-8/h7,10,12H,1-6,9H2/t7-,8?/m0/s1. The highest BCUT2D eigenvalue weighted by molar-refractivity contribution is 7.91. The van der Waals surface area contributed by atoms with Crippen LogP contribution in [0.4, 0.5) is 0 Å². The van der Waals surface area contributed by atoms with Crippen molar-refractivity contribution in [3.63, 3.8) is 0 Å². The first-order valence-corrected chi connectivity index (χ1v) is 6.86. The Kier molecular flexibility index (Phi) is 2.76. The topological polar surface area (TPSA) is 95.7 Å². The highest BCUT2D eigenvalue weighted by Gasteiger charge is 2.44. The van der Waals surface area contributed by atoms with Crippen LogP contribution in [-0.2, 0) is 9.84 Å². The highest BCUT2D eigenvalue weighted by Crippen LogP contribution is 2.21. The molecule has 0 aromatic carbocycles. The SMILES string of the molecule is NC12CN[C@H](CO)CN1CCS(=O)(=O)C2. The maximum atomic E-state index is 11.5. The summed E-state index contributed by atoms with van der Waals surface area (Å²) in [5.74, 6) is 0.176. The molecular weight excluding hydrogens is 218 g/mol. The van der Waals surface area contributed by atoms with E-state index in [0.29, 0.717) is 19.6 Å². The minimum absolute atomic E-state index is 0.00230. The van der Waals surface area contributed by atoms with Crippen LogP contribution in [0, 0.1) is 0 Å². The first kappa shape index (κ1) is 11.3. The van der Waals surface area contributed by atoms with E-state index in [1.54, 1.807) is 0 Å². The molecule has 2 aliphatic rings. The smallest absolute Gasteiger partial charge is 0.154 e. The summed E-state index contributed by atoms with van der Waals surface area (Å²) in [6.07, 6.45) is 0. The summed E-state index contributed by atoms with van der Waals surface area (Å²) in [4.78, 5) is 1.96. The minimum atomic E-state index is -3.00. The predicted octanol–water partition coefficient (Wildman–Crippen LogP) is -2.66. The van der Waals surface area contributed by atoms with Crippen LogP contribution in [0.1, 0.15) is 0 Å². The van der Waals surface area contributed by atoms with Crippen molar-refractivity contribution in [2.24, 2.45) is 5.73 Å². The lowest BCUT2D eigenvalue weighted by atomic mass is 10.1. The Hall–Kier alpha value is -0.210. The number of piperazine rings is 1. The van der Waals surface area contributed by atoms with E-state index in [1.807, 2.05) is 4.90 Å². The average molecular weight is 235 g/mol. The van der Waals surface area contributed by atoms with Crippen LogP contribution < -0.4 is 11.1 Å². The van der Waals surface area contributed by atoms with Crippen molar-refractivity contribution in [2.45, 2.75) is 11.7 Å². The molecule has 2 atom stereocenters. The molecule has 4 N–H and O–H groups in total. The van der Waals surface area contributed by atoms with Gasteiger partial charge in [-0.3, -0.25) is 4.90 Å². The number of hydrogen-bond acceptors (Lipinski definition) is 6. The lowest BCUT2D eigenvalue weighted by Crippen LogP contribution is -2.74. The summed E-state index contributed by atoms with van der Waals surface area (Å²) in [5.41, 5.74) is 5.27. The average Bonchev–Trinajstić information content (AvgIpc) is 2.15. The summed E-state index contributed by atoms with van der Waals surface area (Å²) >= 11 is 0. The Morgan fingerprint density at radius 2 is 2.33 bits per heavy atom. The number of nitrogens with one attached hydrogen (secondary N) is 1. The maximum Gasteiger partial charge on any atom is 0.154 e. The highest BCUT2D eigenvalue weighted by atomic mass is 32.2. The van der Waals surface area contributed by atoms with Crippen LogP contribution in [0.3, 0.4) is 0 Å². The molecule has 0 bridgehead atoms. The van der Waals surface area contributed by atoms with Gasteiger partial charge in [0.15, 0.2) is 9.84 Å². The van der Waals surface area contributed by atoms with Gasteiger partial charge >= 0.3 is 0 Å². The number of rotatable bonds is 1. The van der Waals surface area contributed by atoms with Crippen molar-refractivity contribution in [2.75, 3.05) is 37.7 Å². The zero-order valence-electron chi connectivity index (χ0n) is 8.52. The molecule has 2 aliphatic heterocycles. The van der Waals surface area contributed by atoms with E-state index >= 15 is 0 Å². The molecule has 0 radical (unpaired) electrons. The summed E-state index contributed by atoms with van der Waals surface area (Å²) in [6.45, 7) is 1.55. The van der Waals surface area contributed by atoms with Crippen LogP contribution in [0.15, 0.2) is 0 Å². The molecule has 2 rings (SSSR count). The first-order valence-electron chi connectivity index (χ1n) is 5.04. The van der Waals surface area contributed by atoms with Crippen molar-refractivity contribution in [3.8, 4) is 0 Å². The van der Waals surface area contributed by atoms with Gasteiger partial charge in [-0.05, 0) is 0 Å². The van der Waals surface area contributed by atoms with Gasteiger partial charge in [0.2, 0.25) is 0 Å². The van der Waals surface area contributed by atoms with E-state index in [2.05, 4.69) is 5.32 Å². The third-order valence-corrected chi connectivity index (χ3v) is 4.87. The fraction of sp³-hybridized carbons (Fsp3) is 1.00. The lowest BCUT2D eigenvalue weighted by molar-refractivity contribution is 0.0434. The molecule has 2 fully saturated rings. The fourth-order valence-electron chi connectivity index (χ4n) is 2.23. The van der Waals surface area contributed by atoms with Crippen molar-refractivity contribution in [1.29, 1.82) is 0 Å². The van der Waals surface area contributed by atoms with E-state index < -0.39 is 15.5 Å². The van der Waals surface area contributed by atoms with Gasteiger partial charge in [-0.25, -0.2) is 8.42 Å². The van der Waals surface area contributed by atoms with Gasteiger partial charge in [-0.2, -0.15) is 0 Å². The van der Waals surface area contributed by atoms with Gasteiger partial charge < -0.3 is 16.2 Å². The molecule has 2 saturated heterocycles. The zero-order chi connectivity index (χ0) is 11.1. The van der Waals surface area contributed by atoms with E-state index in [1.165, 1.54) is 0 Å². The van der Waals surface area contributed by atoms with Crippen molar-refractivity contribution < 1.29 is 13.5 Å². The third kappa shape index (κ3) is 2.16. The van der Waals surface area contributed by atoms with E-state index in [0.717, 1.165) is 0 Å². The zero-order valence-corrected chi connectivity index (χ0v) is 9.33. The number of aliphatic hydroxyl groups is 1.